The molecule has 1 amide bonds. The third kappa shape index (κ3) is 4.55. The van der Waals surface area contributed by atoms with Gasteiger partial charge in [0.05, 0.1) is 19.3 Å². The first-order valence-corrected chi connectivity index (χ1v) is 9.55. The van der Waals surface area contributed by atoms with Crippen LogP contribution in [0.1, 0.15) is 6.92 Å². The van der Waals surface area contributed by atoms with Crippen molar-refractivity contribution in [3.05, 3.63) is 77.9 Å². The number of nitrogens with zero attached hydrogens (tertiary/aromatic N) is 2. The number of hydrogen-bond donors (Lipinski definition) is 2. The predicted molar refractivity (Wildman–Crippen MR) is 116 cm³/mol. The maximum Gasteiger partial charge on any atom is 0.275 e. The summed E-state index contributed by atoms with van der Waals surface area (Å²) in [6.45, 7) is 6.10. The molecule has 0 radical (unpaired) electrons. The third-order valence-electron chi connectivity index (χ3n) is 3.96. The van der Waals surface area contributed by atoms with Crippen molar-refractivity contribution in [1.82, 2.24) is 5.43 Å². The topological polar surface area (TPSA) is 66.0 Å². The predicted octanol–water partition coefficient (Wildman–Crippen LogP) is 4.17. The van der Waals surface area contributed by atoms with E-state index in [-0.39, 0.29) is 5.91 Å². The van der Waals surface area contributed by atoms with Gasteiger partial charge in [-0.3, -0.25) is 15.2 Å². The van der Waals surface area contributed by atoms with E-state index in [9.17, 15) is 4.79 Å². The van der Waals surface area contributed by atoms with E-state index in [1.165, 1.54) is 11.8 Å². The van der Waals surface area contributed by atoms with Crippen LogP contribution in [0, 0.1) is 0 Å². The van der Waals surface area contributed by atoms with E-state index >= 15 is 0 Å². The fourth-order valence-corrected chi connectivity index (χ4v) is 3.49. The lowest BCUT2D eigenvalue weighted by molar-refractivity contribution is -0.113. The molecule has 6 nitrogen and oxygen atoms in total. The molecular formula is C21H22N4O2S. The molecule has 3 rings (SSSR count). The molecule has 0 unspecified atom stereocenters. The van der Waals surface area contributed by atoms with Gasteiger partial charge in [-0.05, 0) is 43.3 Å². The molecule has 144 valence electrons. The molecule has 1 heterocycles. The Labute approximate surface area is 169 Å². The fourth-order valence-electron chi connectivity index (χ4n) is 2.64. The van der Waals surface area contributed by atoms with Crippen LogP contribution in [0.15, 0.2) is 82.8 Å². The fraction of sp³-hybridized carbons (Fsp3) is 0.143. The molecule has 1 aliphatic rings. The number of carbonyl (C=O) groups excluding carboxylic acids is 1. The van der Waals surface area contributed by atoms with Gasteiger partial charge in [-0.25, -0.2) is 5.01 Å². The van der Waals surface area contributed by atoms with Crippen LogP contribution >= 0.6 is 11.8 Å². The quantitative estimate of drug-likeness (QED) is 0.720. The Hall–Kier alpha value is -3.19. The Morgan fingerprint density at radius 2 is 1.96 bits per heavy atom. The van der Waals surface area contributed by atoms with Crippen molar-refractivity contribution in [3.8, 4) is 5.75 Å². The van der Waals surface area contributed by atoms with E-state index in [1.807, 2.05) is 61.5 Å². The van der Waals surface area contributed by atoms with Crippen LogP contribution in [-0.4, -0.2) is 24.7 Å². The number of carbonyl (C=O) groups is 1. The van der Waals surface area contributed by atoms with Crippen LogP contribution in [0.2, 0.25) is 0 Å². The van der Waals surface area contributed by atoms with Gasteiger partial charge in [0.1, 0.15) is 11.4 Å². The maximum absolute atomic E-state index is 13.1. The van der Waals surface area contributed by atoms with Gasteiger partial charge in [0.25, 0.3) is 5.91 Å². The Balaban J connectivity index is 1.96. The molecule has 0 aromatic heterocycles. The number of nitrogens with one attached hydrogen (secondary N) is 2. The van der Waals surface area contributed by atoms with Crippen LogP contribution in [0.4, 0.5) is 11.4 Å². The summed E-state index contributed by atoms with van der Waals surface area (Å²) in [5.74, 6) is 0.536. The smallest absolute Gasteiger partial charge is 0.275 e. The van der Waals surface area contributed by atoms with Gasteiger partial charge in [-0.2, -0.15) is 0 Å². The van der Waals surface area contributed by atoms with Crippen molar-refractivity contribution in [3.63, 3.8) is 0 Å². The van der Waals surface area contributed by atoms with Crippen LogP contribution < -0.4 is 20.5 Å². The van der Waals surface area contributed by atoms with Gasteiger partial charge in [0.2, 0.25) is 0 Å². The van der Waals surface area contributed by atoms with Gasteiger partial charge in [0, 0.05) is 10.6 Å². The minimum absolute atomic E-state index is 0.206. The van der Waals surface area contributed by atoms with E-state index in [1.54, 1.807) is 18.2 Å². The van der Waals surface area contributed by atoms with Crippen LogP contribution in [0.3, 0.4) is 0 Å². The van der Waals surface area contributed by atoms with Gasteiger partial charge in [-0.15, -0.1) is 6.58 Å². The molecule has 28 heavy (non-hydrogen) atoms. The highest BCUT2D eigenvalue weighted by molar-refractivity contribution is 8.17. The summed E-state index contributed by atoms with van der Waals surface area (Å²) in [6.07, 6.45) is 1.73. The van der Waals surface area contributed by atoms with Gasteiger partial charge >= 0.3 is 0 Å². The monoisotopic (exact) mass is 394 g/mol. The summed E-state index contributed by atoms with van der Waals surface area (Å²) in [7, 11) is 1.62. The summed E-state index contributed by atoms with van der Waals surface area (Å²) in [5, 5.41) is 5.39. The molecule has 7 heteroatoms. The number of thioether (sulfide) groups is 1. The number of methoxy groups -OCH3 is 1. The lowest BCUT2D eigenvalue weighted by Gasteiger charge is -2.33. The van der Waals surface area contributed by atoms with Crippen LogP contribution in [0.5, 0.6) is 5.75 Å². The Bertz CT molecular complexity index is 908. The number of amides is 1. The number of ether oxygens (including phenoxy) is 1. The van der Waals surface area contributed by atoms with Crippen molar-refractivity contribution >= 4 is 34.2 Å². The SMILES string of the molecule is C=CCN=C1NN(c2ccc(OC)cc2)C(C(=O)Nc2ccccc2)=C(C)S1. The van der Waals surface area contributed by atoms with E-state index in [0.717, 1.165) is 22.0 Å². The molecule has 2 aromatic rings. The molecular weight excluding hydrogens is 372 g/mol. The van der Waals surface area contributed by atoms with Crippen LogP contribution in [-0.2, 0) is 4.79 Å². The molecule has 0 fully saturated rings. The van der Waals surface area contributed by atoms with E-state index < -0.39 is 0 Å². The maximum atomic E-state index is 13.1. The number of rotatable bonds is 6. The molecule has 1 aliphatic heterocycles. The van der Waals surface area contributed by atoms with Crippen molar-refractivity contribution in [2.75, 3.05) is 24.0 Å². The number of benzene rings is 2. The first kappa shape index (κ1) is 19.6. The van der Waals surface area contributed by atoms with Crippen molar-refractivity contribution in [1.29, 1.82) is 0 Å². The number of hydrogen-bond acceptors (Lipinski definition) is 5. The second-order valence-electron chi connectivity index (χ2n) is 5.91. The normalized spacial score (nSPS) is 15.2. The lowest BCUT2D eigenvalue weighted by Crippen LogP contribution is -2.47. The average Bonchev–Trinajstić information content (AvgIpc) is 2.72. The number of amidine groups is 1. The van der Waals surface area contributed by atoms with E-state index in [0.29, 0.717) is 17.4 Å². The summed E-state index contributed by atoms with van der Waals surface area (Å²) in [4.78, 5) is 18.4. The molecule has 0 atom stereocenters. The standard InChI is InChI=1S/C21H22N4O2S/c1-4-14-22-21-24-25(17-10-12-18(27-3)13-11-17)19(15(2)28-21)20(26)23-16-8-6-5-7-9-16/h4-13H,1,14H2,2-3H3,(H,22,24)(H,23,26). The zero-order valence-electron chi connectivity index (χ0n) is 15.8. The Morgan fingerprint density at radius 1 is 1.25 bits per heavy atom. The van der Waals surface area contributed by atoms with Gasteiger partial charge in [-0.1, -0.05) is 36.0 Å². The highest BCUT2D eigenvalue weighted by atomic mass is 32.2. The molecule has 0 spiro atoms. The number of aliphatic imine (C=N–C) groups is 1. The first-order valence-electron chi connectivity index (χ1n) is 8.73. The molecule has 2 N–H and O–H groups in total. The van der Waals surface area contributed by atoms with Crippen molar-refractivity contribution < 1.29 is 9.53 Å². The second-order valence-corrected chi connectivity index (χ2v) is 7.11. The average molecular weight is 395 g/mol. The summed E-state index contributed by atoms with van der Waals surface area (Å²) in [5.41, 5.74) is 5.27. The molecule has 0 bridgehead atoms. The van der Waals surface area contributed by atoms with Crippen LogP contribution in [0.25, 0.3) is 0 Å². The van der Waals surface area contributed by atoms with E-state index in [2.05, 4.69) is 22.3 Å². The number of anilines is 2. The highest BCUT2D eigenvalue weighted by Crippen LogP contribution is 2.32. The molecule has 2 aromatic carbocycles. The number of allylic oxidation sites excluding steroid dienone is 1. The lowest BCUT2D eigenvalue weighted by atomic mass is 10.2. The summed E-state index contributed by atoms with van der Waals surface area (Å²) in [6, 6.07) is 16.8. The second kappa shape index (κ2) is 9.14. The van der Waals surface area contributed by atoms with Gasteiger partial charge < -0.3 is 10.1 Å². The summed E-state index contributed by atoms with van der Waals surface area (Å²) >= 11 is 1.42. The Morgan fingerprint density at radius 3 is 2.61 bits per heavy atom. The Kier molecular flexibility index (Phi) is 6.39. The first-order chi connectivity index (χ1) is 13.6. The van der Waals surface area contributed by atoms with Crippen molar-refractivity contribution in [2.45, 2.75) is 6.92 Å². The highest BCUT2D eigenvalue weighted by Gasteiger charge is 2.28. The number of hydrazine groups is 1. The van der Waals surface area contributed by atoms with Gasteiger partial charge in [0.15, 0.2) is 5.17 Å². The molecule has 0 saturated carbocycles. The van der Waals surface area contributed by atoms with Crippen molar-refractivity contribution in [2.24, 2.45) is 4.99 Å². The largest absolute Gasteiger partial charge is 0.497 e. The number of para-hydroxylation sites is 1. The third-order valence-corrected chi connectivity index (χ3v) is 4.87. The molecule has 0 saturated heterocycles. The molecule has 0 aliphatic carbocycles. The zero-order valence-corrected chi connectivity index (χ0v) is 16.6. The minimum atomic E-state index is -0.206. The van der Waals surface area contributed by atoms with E-state index in [4.69, 9.17) is 4.74 Å². The zero-order chi connectivity index (χ0) is 19.9. The minimum Gasteiger partial charge on any atom is -0.497 e. The summed E-state index contributed by atoms with van der Waals surface area (Å²) < 4.78 is 5.24.